The zero-order chi connectivity index (χ0) is 14.4. The quantitative estimate of drug-likeness (QED) is 0.574. The van der Waals surface area contributed by atoms with Gasteiger partial charge in [0.1, 0.15) is 11.5 Å². The number of fused-ring (bicyclic) bond motifs is 2. The predicted molar refractivity (Wildman–Crippen MR) is 87.3 cm³/mol. The molecule has 21 heavy (non-hydrogen) atoms. The second kappa shape index (κ2) is 4.53. The lowest BCUT2D eigenvalue weighted by Gasteiger charge is -2.08. The molecule has 0 aliphatic rings. The Kier molecular flexibility index (Phi) is 2.65. The Balaban J connectivity index is 1.82. The maximum atomic E-state index is 6.17. The number of aromatic amines is 1. The van der Waals surface area contributed by atoms with Gasteiger partial charge in [0.25, 0.3) is 0 Å². The van der Waals surface area contributed by atoms with Crippen molar-refractivity contribution in [1.82, 2.24) is 14.5 Å². The highest BCUT2D eigenvalue weighted by atomic mass is 35.5. The molecule has 4 aromatic rings. The van der Waals surface area contributed by atoms with Gasteiger partial charge in [0, 0.05) is 40.8 Å². The number of benzene rings is 1. The molecule has 0 saturated heterocycles. The summed E-state index contributed by atoms with van der Waals surface area (Å²) in [7, 11) is 1.99. The van der Waals surface area contributed by atoms with Crippen molar-refractivity contribution in [2.75, 3.05) is 5.32 Å². The van der Waals surface area contributed by atoms with E-state index in [9.17, 15) is 0 Å². The maximum Gasteiger partial charge on any atom is 0.142 e. The SMILES string of the molecule is Cn1ccc2ccc(Nc3cc(Cl)cc4[nH]ccc34)nc21. The fourth-order valence-electron chi connectivity index (χ4n) is 2.58. The number of halogens is 1. The first-order valence-corrected chi connectivity index (χ1v) is 7.04. The Hall–Kier alpha value is -2.46. The van der Waals surface area contributed by atoms with Gasteiger partial charge in [0.15, 0.2) is 0 Å². The lowest BCUT2D eigenvalue weighted by molar-refractivity contribution is 0.949. The average molecular weight is 297 g/mol. The van der Waals surface area contributed by atoms with Crippen LogP contribution in [0.5, 0.6) is 0 Å². The van der Waals surface area contributed by atoms with Crippen LogP contribution in [-0.2, 0) is 7.05 Å². The molecule has 0 radical (unpaired) electrons. The van der Waals surface area contributed by atoms with E-state index in [1.54, 1.807) is 0 Å². The number of nitrogens with zero attached hydrogens (tertiary/aromatic N) is 2. The van der Waals surface area contributed by atoms with E-state index >= 15 is 0 Å². The number of anilines is 2. The molecule has 0 spiro atoms. The minimum Gasteiger partial charge on any atom is -0.361 e. The van der Waals surface area contributed by atoms with E-state index in [0.717, 1.165) is 33.4 Å². The van der Waals surface area contributed by atoms with Crippen molar-refractivity contribution in [2.24, 2.45) is 7.05 Å². The zero-order valence-corrected chi connectivity index (χ0v) is 12.1. The van der Waals surface area contributed by atoms with Crippen molar-refractivity contribution < 1.29 is 0 Å². The summed E-state index contributed by atoms with van der Waals surface area (Å²) in [5, 5.41) is 6.26. The molecular weight excluding hydrogens is 284 g/mol. The average Bonchev–Trinajstić information content (AvgIpc) is 3.06. The molecule has 3 aromatic heterocycles. The molecule has 0 atom stereocenters. The van der Waals surface area contributed by atoms with Gasteiger partial charge in [-0.25, -0.2) is 4.98 Å². The second-order valence-corrected chi connectivity index (χ2v) is 5.49. The highest BCUT2D eigenvalue weighted by Crippen LogP contribution is 2.29. The molecule has 2 N–H and O–H groups in total. The first kappa shape index (κ1) is 12.3. The number of rotatable bonds is 2. The summed E-state index contributed by atoms with van der Waals surface area (Å²) >= 11 is 6.17. The molecular formula is C16H13ClN4. The lowest BCUT2D eigenvalue weighted by Crippen LogP contribution is -1.96. The Bertz CT molecular complexity index is 951. The second-order valence-electron chi connectivity index (χ2n) is 5.05. The fraction of sp³-hybridized carbons (Fsp3) is 0.0625. The normalized spacial score (nSPS) is 11.3. The van der Waals surface area contributed by atoms with Crippen molar-refractivity contribution in [1.29, 1.82) is 0 Å². The Labute approximate surface area is 126 Å². The number of pyridine rings is 1. The Morgan fingerprint density at radius 1 is 1.19 bits per heavy atom. The van der Waals surface area contributed by atoms with Gasteiger partial charge < -0.3 is 14.9 Å². The smallest absolute Gasteiger partial charge is 0.142 e. The molecule has 3 heterocycles. The Morgan fingerprint density at radius 2 is 2.10 bits per heavy atom. The predicted octanol–water partition coefficient (Wildman–Crippen LogP) is 4.45. The van der Waals surface area contributed by atoms with E-state index < -0.39 is 0 Å². The summed E-state index contributed by atoms with van der Waals surface area (Å²) in [6, 6.07) is 11.9. The van der Waals surface area contributed by atoms with Crippen LogP contribution in [0.15, 0.2) is 48.8 Å². The number of nitrogens with one attached hydrogen (secondary N) is 2. The topological polar surface area (TPSA) is 45.6 Å². The summed E-state index contributed by atoms with van der Waals surface area (Å²) < 4.78 is 2.00. The highest BCUT2D eigenvalue weighted by molar-refractivity contribution is 6.31. The largest absolute Gasteiger partial charge is 0.361 e. The molecule has 4 nitrogen and oxygen atoms in total. The number of aromatic nitrogens is 3. The minimum atomic E-state index is 0.687. The first-order valence-electron chi connectivity index (χ1n) is 6.66. The molecule has 0 aliphatic heterocycles. The van der Waals surface area contributed by atoms with Crippen molar-refractivity contribution in [3.05, 3.63) is 53.8 Å². The third kappa shape index (κ3) is 2.04. The van der Waals surface area contributed by atoms with E-state index in [4.69, 9.17) is 11.6 Å². The van der Waals surface area contributed by atoms with Crippen molar-refractivity contribution in [2.45, 2.75) is 0 Å². The third-order valence-corrected chi connectivity index (χ3v) is 3.83. The number of aryl methyl sites for hydroxylation is 1. The number of H-pyrrole nitrogens is 1. The molecule has 0 fully saturated rings. The summed E-state index contributed by atoms with van der Waals surface area (Å²) in [6.07, 6.45) is 3.91. The van der Waals surface area contributed by atoms with Gasteiger partial charge >= 0.3 is 0 Å². The molecule has 1 aromatic carbocycles. The highest BCUT2D eigenvalue weighted by Gasteiger charge is 2.07. The molecule has 0 saturated carbocycles. The molecule has 0 unspecified atom stereocenters. The molecule has 0 aliphatic carbocycles. The number of hydrogen-bond acceptors (Lipinski definition) is 2. The van der Waals surface area contributed by atoms with Crippen molar-refractivity contribution in [3.63, 3.8) is 0 Å². The van der Waals surface area contributed by atoms with Crippen LogP contribution in [0.3, 0.4) is 0 Å². The van der Waals surface area contributed by atoms with Gasteiger partial charge in [-0.2, -0.15) is 0 Å². The van der Waals surface area contributed by atoms with Gasteiger partial charge in [-0.3, -0.25) is 0 Å². The van der Waals surface area contributed by atoms with Gasteiger partial charge in [0.2, 0.25) is 0 Å². The molecule has 104 valence electrons. The van der Waals surface area contributed by atoms with Crippen LogP contribution in [0.1, 0.15) is 0 Å². The summed E-state index contributed by atoms with van der Waals surface area (Å²) in [4.78, 5) is 7.82. The lowest BCUT2D eigenvalue weighted by atomic mass is 10.2. The van der Waals surface area contributed by atoms with Crippen LogP contribution >= 0.6 is 11.6 Å². The van der Waals surface area contributed by atoms with Crippen molar-refractivity contribution >= 4 is 45.0 Å². The summed E-state index contributed by atoms with van der Waals surface area (Å²) in [6.45, 7) is 0. The Morgan fingerprint density at radius 3 is 3.00 bits per heavy atom. The van der Waals surface area contributed by atoms with Gasteiger partial charge in [-0.15, -0.1) is 0 Å². The van der Waals surface area contributed by atoms with E-state index in [2.05, 4.69) is 27.4 Å². The maximum absolute atomic E-state index is 6.17. The van der Waals surface area contributed by atoms with Crippen LogP contribution in [0.4, 0.5) is 11.5 Å². The molecule has 0 bridgehead atoms. The van der Waals surface area contributed by atoms with Crippen LogP contribution < -0.4 is 5.32 Å². The van der Waals surface area contributed by atoms with Crippen LogP contribution in [0.2, 0.25) is 5.02 Å². The molecule has 5 heteroatoms. The van der Waals surface area contributed by atoms with E-state index in [0.29, 0.717) is 5.02 Å². The molecule has 0 amide bonds. The summed E-state index contributed by atoms with van der Waals surface area (Å²) in [5.74, 6) is 0.800. The number of hydrogen-bond donors (Lipinski definition) is 2. The molecule has 4 rings (SSSR count). The van der Waals surface area contributed by atoms with Crippen LogP contribution in [-0.4, -0.2) is 14.5 Å². The van der Waals surface area contributed by atoms with E-state index in [1.807, 2.05) is 48.3 Å². The minimum absolute atomic E-state index is 0.687. The first-order chi connectivity index (χ1) is 10.2. The van der Waals surface area contributed by atoms with Crippen molar-refractivity contribution in [3.8, 4) is 0 Å². The van der Waals surface area contributed by atoms with Crippen LogP contribution in [0, 0.1) is 0 Å². The van der Waals surface area contributed by atoms with Gasteiger partial charge in [-0.05, 0) is 36.4 Å². The fourth-order valence-corrected chi connectivity index (χ4v) is 2.80. The van der Waals surface area contributed by atoms with Gasteiger partial charge in [0.05, 0.1) is 5.69 Å². The van der Waals surface area contributed by atoms with E-state index in [-0.39, 0.29) is 0 Å². The van der Waals surface area contributed by atoms with E-state index in [1.165, 1.54) is 0 Å². The van der Waals surface area contributed by atoms with Gasteiger partial charge in [-0.1, -0.05) is 11.6 Å². The monoisotopic (exact) mass is 296 g/mol. The van der Waals surface area contributed by atoms with Crippen LogP contribution in [0.25, 0.3) is 21.9 Å². The summed E-state index contributed by atoms with van der Waals surface area (Å²) in [5.41, 5.74) is 2.90. The zero-order valence-electron chi connectivity index (χ0n) is 11.4. The standard InChI is InChI=1S/C16H13ClN4/c1-21-7-5-10-2-3-15(20-16(10)21)19-14-9-11(17)8-13-12(14)4-6-18-13/h2-9,18H,1H3,(H,19,20). The third-order valence-electron chi connectivity index (χ3n) is 3.61.